The molecule has 5 heteroatoms. The van der Waals surface area contributed by atoms with Crippen LogP contribution in [0.2, 0.25) is 0 Å². The summed E-state index contributed by atoms with van der Waals surface area (Å²) in [5.41, 5.74) is 11.3. The molecule has 2 aliphatic rings. The maximum Gasteiger partial charge on any atom is 0.237 e. The zero-order chi connectivity index (χ0) is 14.7. The van der Waals surface area contributed by atoms with Gasteiger partial charge in [-0.3, -0.25) is 9.59 Å². The van der Waals surface area contributed by atoms with Gasteiger partial charge >= 0.3 is 0 Å². The summed E-state index contributed by atoms with van der Waals surface area (Å²) >= 11 is 0. The number of nitrogens with zero attached hydrogens (tertiary/aromatic N) is 1. The fourth-order valence-electron chi connectivity index (χ4n) is 3.65. The first-order chi connectivity index (χ1) is 9.49. The Kier molecular flexibility index (Phi) is 5.02. The molecule has 2 rings (SSSR count). The van der Waals surface area contributed by atoms with Crippen molar-refractivity contribution in [3.63, 3.8) is 0 Å². The molecule has 2 saturated carbocycles. The molecule has 0 radical (unpaired) electrons. The predicted octanol–water partition coefficient (Wildman–Crippen LogP) is 1.01. The quantitative estimate of drug-likeness (QED) is 0.805. The molecule has 2 fully saturated rings. The van der Waals surface area contributed by atoms with Crippen molar-refractivity contribution < 1.29 is 9.59 Å². The number of amides is 2. The van der Waals surface area contributed by atoms with Crippen molar-refractivity contribution in [1.82, 2.24) is 4.90 Å². The Morgan fingerprint density at radius 2 is 1.80 bits per heavy atom. The van der Waals surface area contributed by atoms with Crippen LogP contribution in [0.15, 0.2) is 0 Å². The largest absolute Gasteiger partial charge is 0.368 e. The van der Waals surface area contributed by atoms with Crippen LogP contribution in [0.4, 0.5) is 0 Å². The molecule has 5 nitrogen and oxygen atoms in total. The van der Waals surface area contributed by atoms with E-state index in [0.717, 1.165) is 44.9 Å². The molecule has 0 bridgehead atoms. The number of hydrogen-bond acceptors (Lipinski definition) is 3. The van der Waals surface area contributed by atoms with Gasteiger partial charge in [0.15, 0.2) is 0 Å². The highest BCUT2D eigenvalue weighted by atomic mass is 16.2. The molecule has 2 aliphatic carbocycles. The van der Waals surface area contributed by atoms with Gasteiger partial charge < -0.3 is 16.4 Å². The van der Waals surface area contributed by atoms with E-state index in [1.54, 1.807) is 4.90 Å². The maximum atomic E-state index is 12.8. The van der Waals surface area contributed by atoms with Gasteiger partial charge in [0.1, 0.15) is 0 Å². The SMILES string of the molecule is CC1CC(C(=O)N(CC(N)=O)C2CCCC2)CCC1N. The average Bonchev–Trinajstić information content (AvgIpc) is 2.92. The van der Waals surface area contributed by atoms with Crippen LogP contribution in [0.5, 0.6) is 0 Å². The number of rotatable bonds is 4. The molecule has 4 N–H and O–H groups in total. The van der Waals surface area contributed by atoms with Crippen LogP contribution in [-0.2, 0) is 9.59 Å². The number of carbonyl (C=O) groups excluding carboxylic acids is 2. The fourth-order valence-corrected chi connectivity index (χ4v) is 3.65. The topological polar surface area (TPSA) is 89.4 Å². The minimum absolute atomic E-state index is 0.0183. The third-order valence-corrected chi connectivity index (χ3v) is 4.96. The first-order valence-corrected chi connectivity index (χ1v) is 7.83. The Morgan fingerprint density at radius 1 is 1.15 bits per heavy atom. The Balaban J connectivity index is 2.03. The highest BCUT2D eigenvalue weighted by molar-refractivity contribution is 5.85. The molecular weight excluding hydrogens is 254 g/mol. The van der Waals surface area contributed by atoms with Gasteiger partial charge in [-0.05, 0) is 38.0 Å². The summed E-state index contributed by atoms with van der Waals surface area (Å²) in [6.45, 7) is 2.18. The van der Waals surface area contributed by atoms with Crippen molar-refractivity contribution in [2.24, 2.45) is 23.3 Å². The van der Waals surface area contributed by atoms with Gasteiger partial charge in [0.2, 0.25) is 11.8 Å². The van der Waals surface area contributed by atoms with Gasteiger partial charge in [0.05, 0.1) is 6.54 Å². The van der Waals surface area contributed by atoms with E-state index in [1.807, 2.05) is 0 Å². The van der Waals surface area contributed by atoms with Crippen molar-refractivity contribution in [2.45, 2.75) is 64.0 Å². The summed E-state index contributed by atoms with van der Waals surface area (Å²) in [5.74, 6) is 0.0988. The van der Waals surface area contributed by atoms with Gasteiger partial charge in [0, 0.05) is 18.0 Å². The molecule has 0 saturated heterocycles. The third kappa shape index (κ3) is 3.51. The Morgan fingerprint density at radius 3 is 2.35 bits per heavy atom. The normalized spacial score (nSPS) is 31.2. The summed E-state index contributed by atoms with van der Waals surface area (Å²) in [6.07, 6.45) is 6.85. The maximum absolute atomic E-state index is 12.8. The molecule has 0 spiro atoms. The van der Waals surface area contributed by atoms with E-state index in [9.17, 15) is 9.59 Å². The second kappa shape index (κ2) is 6.57. The van der Waals surface area contributed by atoms with Gasteiger partial charge in [-0.1, -0.05) is 19.8 Å². The minimum Gasteiger partial charge on any atom is -0.368 e. The van der Waals surface area contributed by atoms with Crippen LogP contribution in [-0.4, -0.2) is 35.3 Å². The molecule has 0 aliphatic heterocycles. The highest BCUT2D eigenvalue weighted by Gasteiger charge is 2.35. The molecule has 114 valence electrons. The lowest BCUT2D eigenvalue weighted by Crippen LogP contribution is -2.48. The zero-order valence-corrected chi connectivity index (χ0v) is 12.4. The smallest absolute Gasteiger partial charge is 0.237 e. The molecule has 2 amide bonds. The van der Waals surface area contributed by atoms with E-state index in [2.05, 4.69) is 6.92 Å². The first kappa shape index (κ1) is 15.3. The summed E-state index contributed by atoms with van der Waals surface area (Å²) in [6, 6.07) is 0.413. The summed E-state index contributed by atoms with van der Waals surface area (Å²) in [5, 5.41) is 0. The highest BCUT2D eigenvalue weighted by Crippen LogP contribution is 2.32. The van der Waals surface area contributed by atoms with Crippen LogP contribution in [0.3, 0.4) is 0 Å². The summed E-state index contributed by atoms with van der Waals surface area (Å²) < 4.78 is 0. The number of carbonyl (C=O) groups is 2. The molecule has 0 aromatic rings. The number of nitrogens with two attached hydrogens (primary N) is 2. The predicted molar refractivity (Wildman–Crippen MR) is 77.6 cm³/mol. The Labute approximate surface area is 121 Å². The number of hydrogen-bond donors (Lipinski definition) is 2. The second-order valence-corrected chi connectivity index (χ2v) is 6.52. The van der Waals surface area contributed by atoms with Crippen molar-refractivity contribution in [3.05, 3.63) is 0 Å². The molecule has 20 heavy (non-hydrogen) atoms. The van der Waals surface area contributed by atoms with E-state index >= 15 is 0 Å². The van der Waals surface area contributed by atoms with Crippen LogP contribution in [0.1, 0.15) is 51.9 Å². The van der Waals surface area contributed by atoms with E-state index in [-0.39, 0.29) is 30.5 Å². The average molecular weight is 281 g/mol. The van der Waals surface area contributed by atoms with E-state index < -0.39 is 5.91 Å². The molecule has 3 atom stereocenters. The van der Waals surface area contributed by atoms with Crippen molar-refractivity contribution >= 4 is 11.8 Å². The molecule has 3 unspecified atom stereocenters. The minimum atomic E-state index is -0.411. The van der Waals surface area contributed by atoms with Crippen molar-refractivity contribution in [3.8, 4) is 0 Å². The van der Waals surface area contributed by atoms with Gasteiger partial charge in [0.25, 0.3) is 0 Å². The van der Waals surface area contributed by atoms with Crippen LogP contribution in [0, 0.1) is 11.8 Å². The van der Waals surface area contributed by atoms with Crippen LogP contribution < -0.4 is 11.5 Å². The lowest BCUT2D eigenvalue weighted by Gasteiger charge is -2.36. The van der Waals surface area contributed by atoms with Gasteiger partial charge in [-0.2, -0.15) is 0 Å². The van der Waals surface area contributed by atoms with E-state index in [1.165, 1.54) is 0 Å². The monoisotopic (exact) mass is 281 g/mol. The Bertz CT molecular complexity index is 366. The van der Waals surface area contributed by atoms with Crippen molar-refractivity contribution in [1.29, 1.82) is 0 Å². The molecule has 0 heterocycles. The van der Waals surface area contributed by atoms with Gasteiger partial charge in [-0.15, -0.1) is 0 Å². The molecular formula is C15H27N3O2. The summed E-state index contributed by atoms with van der Waals surface area (Å²) in [4.78, 5) is 25.8. The Hall–Kier alpha value is -1.10. The fraction of sp³-hybridized carbons (Fsp3) is 0.867. The molecule has 0 aromatic carbocycles. The van der Waals surface area contributed by atoms with Gasteiger partial charge in [-0.25, -0.2) is 0 Å². The molecule has 0 aromatic heterocycles. The van der Waals surface area contributed by atoms with Crippen LogP contribution in [0.25, 0.3) is 0 Å². The lowest BCUT2D eigenvalue weighted by atomic mass is 9.78. The van der Waals surface area contributed by atoms with Crippen LogP contribution >= 0.6 is 0 Å². The summed E-state index contributed by atoms with van der Waals surface area (Å²) in [7, 11) is 0. The number of primary amides is 1. The zero-order valence-electron chi connectivity index (χ0n) is 12.4. The van der Waals surface area contributed by atoms with E-state index in [0.29, 0.717) is 5.92 Å². The van der Waals surface area contributed by atoms with Crippen molar-refractivity contribution in [2.75, 3.05) is 6.54 Å². The third-order valence-electron chi connectivity index (χ3n) is 4.96. The lowest BCUT2D eigenvalue weighted by molar-refractivity contribution is -0.142. The second-order valence-electron chi connectivity index (χ2n) is 6.52. The first-order valence-electron chi connectivity index (χ1n) is 7.83. The van der Waals surface area contributed by atoms with E-state index in [4.69, 9.17) is 11.5 Å². The standard InChI is InChI=1S/C15H27N3O2/c1-10-8-11(6-7-13(10)16)15(20)18(9-14(17)19)12-4-2-3-5-12/h10-13H,2-9,16H2,1H3,(H2,17,19).